The molecule has 0 unspecified atom stereocenters. The average Bonchev–Trinajstić information content (AvgIpc) is 2.26. The molecule has 0 radical (unpaired) electrons. The molecule has 0 aliphatic heterocycles. The number of fused-ring (bicyclic) bond motifs is 2. The lowest BCUT2D eigenvalue weighted by molar-refractivity contribution is 0.892. The Morgan fingerprint density at radius 2 is 1.94 bits per heavy atom. The van der Waals surface area contributed by atoms with Gasteiger partial charge in [-0.3, -0.25) is 4.98 Å². The van der Waals surface area contributed by atoms with Gasteiger partial charge in [-0.25, -0.2) is 0 Å². The number of nitrogens with zero attached hydrogens (tertiary/aromatic N) is 1. The van der Waals surface area contributed by atoms with Crippen LogP contribution in [0.5, 0.6) is 0 Å². The molecule has 1 aromatic carbocycles. The zero-order valence-corrected chi connectivity index (χ0v) is 9.75. The zero-order chi connectivity index (χ0) is 11.1. The van der Waals surface area contributed by atoms with Crippen molar-refractivity contribution in [3.63, 3.8) is 0 Å². The number of benzene rings is 1. The fourth-order valence-electron chi connectivity index (χ4n) is 2.31. The van der Waals surface area contributed by atoms with Gasteiger partial charge < -0.3 is 0 Å². The number of pyridine rings is 1. The maximum Gasteiger partial charge on any atom is 0.0708 e. The largest absolute Gasteiger partial charge is 0.252 e. The van der Waals surface area contributed by atoms with E-state index < -0.39 is 0 Å². The predicted octanol–water partition coefficient (Wildman–Crippen LogP) is 3.89. The minimum atomic E-state index is 1.08. The lowest BCUT2D eigenvalue weighted by atomic mass is 9.96. The van der Waals surface area contributed by atoms with E-state index in [1.54, 1.807) is 0 Å². The van der Waals surface area contributed by atoms with Crippen LogP contribution in [0.1, 0.15) is 30.2 Å². The van der Waals surface area contributed by atoms with Crippen molar-refractivity contribution >= 4 is 17.0 Å². The van der Waals surface area contributed by atoms with Gasteiger partial charge in [-0.15, -0.1) is 0 Å². The van der Waals surface area contributed by atoms with Gasteiger partial charge in [0.2, 0.25) is 0 Å². The Morgan fingerprint density at radius 1 is 1.06 bits per heavy atom. The molecular formula is C15H15N. The summed E-state index contributed by atoms with van der Waals surface area (Å²) in [6.07, 6.45) is 4.50. The second kappa shape index (κ2) is 3.44. The summed E-state index contributed by atoms with van der Waals surface area (Å²) < 4.78 is 0. The molecule has 1 heteroatoms. The van der Waals surface area contributed by atoms with E-state index in [1.165, 1.54) is 27.8 Å². The van der Waals surface area contributed by atoms with Gasteiger partial charge >= 0.3 is 0 Å². The van der Waals surface area contributed by atoms with Gasteiger partial charge in [0.05, 0.1) is 5.52 Å². The van der Waals surface area contributed by atoms with Crippen molar-refractivity contribution in [3.05, 3.63) is 46.7 Å². The standard InChI is InChI=1S/C15H15N/c1-10-4-6-14-13(7-10)9-12-5-3-11(2)8-15(12)16-14/h3,5,7-9H,4,6H2,1-2H3. The molecule has 0 atom stereocenters. The molecule has 1 heterocycles. The molecule has 1 nitrogen and oxygen atoms in total. The third kappa shape index (κ3) is 1.53. The molecule has 0 saturated carbocycles. The molecule has 0 bridgehead atoms. The van der Waals surface area contributed by atoms with Crippen LogP contribution in [0.25, 0.3) is 17.0 Å². The quantitative estimate of drug-likeness (QED) is 0.641. The molecule has 16 heavy (non-hydrogen) atoms. The minimum Gasteiger partial charge on any atom is -0.252 e. The van der Waals surface area contributed by atoms with Crippen LogP contribution in [0, 0.1) is 6.92 Å². The van der Waals surface area contributed by atoms with Crippen molar-refractivity contribution in [1.82, 2.24) is 4.98 Å². The molecular weight excluding hydrogens is 194 g/mol. The Bertz CT molecular complexity index is 594. The van der Waals surface area contributed by atoms with Crippen molar-refractivity contribution in [3.8, 4) is 0 Å². The first-order valence-electron chi connectivity index (χ1n) is 5.80. The lowest BCUT2D eigenvalue weighted by Gasteiger charge is -2.14. The molecule has 0 amide bonds. The van der Waals surface area contributed by atoms with Gasteiger partial charge in [-0.1, -0.05) is 23.8 Å². The zero-order valence-electron chi connectivity index (χ0n) is 9.75. The normalized spacial score (nSPS) is 14.8. The molecule has 1 aliphatic rings. The molecule has 3 rings (SSSR count). The highest BCUT2D eigenvalue weighted by Gasteiger charge is 2.10. The van der Waals surface area contributed by atoms with Crippen LogP contribution in [0.2, 0.25) is 0 Å². The number of allylic oxidation sites excluding steroid dienone is 1. The molecule has 0 spiro atoms. The molecule has 0 saturated heterocycles. The summed E-state index contributed by atoms with van der Waals surface area (Å²) in [6, 6.07) is 8.74. The van der Waals surface area contributed by atoms with Gasteiger partial charge in [-0.05, 0) is 49.9 Å². The summed E-state index contributed by atoms with van der Waals surface area (Å²) in [5, 5.41) is 1.25. The summed E-state index contributed by atoms with van der Waals surface area (Å²) in [5.41, 5.74) is 6.43. The van der Waals surface area contributed by atoms with Crippen molar-refractivity contribution in [2.24, 2.45) is 0 Å². The minimum absolute atomic E-state index is 1.08. The Labute approximate surface area is 95.8 Å². The summed E-state index contributed by atoms with van der Waals surface area (Å²) in [5.74, 6) is 0. The number of rotatable bonds is 0. The molecule has 80 valence electrons. The maximum atomic E-state index is 4.77. The van der Waals surface area contributed by atoms with E-state index in [4.69, 9.17) is 4.98 Å². The van der Waals surface area contributed by atoms with Crippen LogP contribution in [0.15, 0.2) is 29.8 Å². The molecule has 0 fully saturated rings. The summed E-state index contributed by atoms with van der Waals surface area (Å²) in [4.78, 5) is 4.77. The number of hydrogen-bond acceptors (Lipinski definition) is 1. The van der Waals surface area contributed by atoms with Crippen LogP contribution in [-0.4, -0.2) is 4.98 Å². The van der Waals surface area contributed by atoms with Crippen molar-refractivity contribution in [1.29, 1.82) is 0 Å². The Balaban J connectivity index is 2.28. The van der Waals surface area contributed by atoms with Crippen molar-refractivity contribution < 1.29 is 0 Å². The van der Waals surface area contributed by atoms with Gasteiger partial charge in [0.15, 0.2) is 0 Å². The highest BCUT2D eigenvalue weighted by molar-refractivity contribution is 5.82. The van der Waals surface area contributed by atoms with Crippen LogP contribution < -0.4 is 0 Å². The number of aromatic nitrogens is 1. The van der Waals surface area contributed by atoms with E-state index in [0.717, 1.165) is 18.4 Å². The van der Waals surface area contributed by atoms with Gasteiger partial charge in [-0.2, -0.15) is 0 Å². The van der Waals surface area contributed by atoms with Crippen molar-refractivity contribution in [2.45, 2.75) is 26.7 Å². The first-order chi connectivity index (χ1) is 7.72. The average molecular weight is 209 g/mol. The first-order valence-corrected chi connectivity index (χ1v) is 5.80. The summed E-state index contributed by atoms with van der Waals surface area (Å²) in [7, 11) is 0. The molecule has 0 N–H and O–H groups in total. The van der Waals surface area contributed by atoms with E-state index in [-0.39, 0.29) is 0 Å². The van der Waals surface area contributed by atoms with Gasteiger partial charge in [0, 0.05) is 11.1 Å². The fourth-order valence-corrected chi connectivity index (χ4v) is 2.31. The SMILES string of the molecule is CC1=Cc2cc3ccc(C)cc3nc2CC1. The second-order valence-corrected chi connectivity index (χ2v) is 4.71. The Kier molecular flexibility index (Phi) is 2.06. The third-order valence-corrected chi connectivity index (χ3v) is 3.24. The Hall–Kier alpha value is -1.63. The fraction of sp³-hybridized carbons (Fsp3) is 0.267. The monoisotopic (exact) mass is 209 g/mol. The molecule has 2 aromatic rings. The van der Waals surface area contributed by atoms with Crippen LogP contribution in [-0.2, 0) is 6.42 Å². The number of hydrogen-bond donors (Lipinski definition) is 0. The van der Waals surface area contributed by atoms with Gasteiger partial charge in [0.25, 0.3) is 0 Å². The van der Waals surface area contributed by atoms with E-state index in [9.17, 15) is 0 Å². The topological polar surface area (TPSA) is 12.9 Å². The first kappa shape index (κ1) is 9.59. The molecule has 1 aliphatic carbocycles. The predicted molar refractivity (Wildman–Crippen MR) is 68.5 cm³/mol. The smallest absolute Gasteiger partial charge is 0.0708 e. The van der Waals surface area contributed by atoms with Crippen molar-refractivity contribution in [2.75, 3.05) is 0 Å². The van der Waals surface area contributed by atoms with Gasteiger partial charge in [0.1, 0.15) is 0 Å². The highest BCUT2D eigenvalue weighted by Crippen LogP contribution is 2.26. The Morgan fingerprint density at radius 3 is 2.81 bits per heavy atom. The number of aryl methyl sites for hydroxylation is 2. The summed E-state index contributed by atoms with van der Waals surface area (Å²) >= 11 is 0. The third-order valence-electron chi connectivity index (χ3n) is 3.24. The van der Waals surface area contributed by atoms with Crippen LogP contribution in [0.3, 0.4) is 0 Å². The molecule has 1 aromatic heterocycles. The highest BCUT2D eigenvalue weighted by atomic mass is 14.7. The van der Waals surface area contributed by atoms with E-state index in [0.29, 0.717) is 0 Å². The van der Waals surface area contributed by atoms with E-state index in [2.05, 4.69) is 44.2 Å². The lowest BCUT2D eigenvalue weighted by Crippen LogP contribution is -2.01. The van der Waals surface area contributed by atoms with E-state index in [1.807, 2.05) is 0 Å². The maximum absolute atomic E-state index is 4.77. The van der Waals surface area contributed by atoms with E-state index >= 15 is 0 Å². The van der Waals surface area contributed by atoms with Crippen LogP contribution in [0.4, 0.5) is 0 Å². The summed E-state index contributed by atoms with van der Waals surface area (Å²) in [6.45, 7) is 4.31. The van der Waals surface area contributed by atoms with Crippen LogP contribution >= 0.6 is 0 Å². The second-order valence-electron chi connectivity index (χ2n) is 4.71.